The Bertz CT molecular complexity index is 2070. The molecule has 3 aromatic carbocycles. The summed E-state index contributed by atoms with van der Waals surface area (Å²) >= 11 is 0. The van der Waals surface area contributed by atoms with Crippen molar-refractivity contribution in [1.82, 2.24) is 0 Å². The van der Waals surface area contributed by atoms with Crippen LogP contribution in [0.3, 0.4) is 0 Å². The van der Waals surface area contributed by atoms with Gasteiger partial charge in [-0.25, -0.2) is 4.79 Å². The second-order valence-corrected chi connectivity index (χ2v) is 8.21. The lowest BCUT2D eigenvalue weighted by Gasteiger charge is -2.11. The first kappa shape index (κ1) is 31.7. The van der Waals surface area contributed by atoms with E-state index in [2.05, 4.69) is 99.6 Å². The van der Waals surface area contributed by atoms with Crippen LogP contribution in [0, 0.1) is 95.4 Å². The normalized spacial score (nSPS) is 8.07. The molecule has 0 unspecified atom stereocenters. The average molecular weight is 583 g/mol. The largest absolute Gasteiger partial charge is 0.399 e. The molecule has 0 heterocycles. The molecule has 0 spiro atoms. The minimum Gasteiger partial charge on any atom is -0.399 e. The van der Waals surface area contributed by atoms with Crippen LogP contribution in [0.5, 0.6) is 0 Å². The van der Waals surface area contributed by atoms with Gasteiger partial charge in [0.25, 0.3) is 11.8 Å². The summed E-state index contributed by atoms with van der Waals surface area (Å²) in [4.78, 5) is 38.3. The number of terminal acetylenes is 1. The third-order valence-electron chi connectivity index (χ3n) is 5.05. The number of amides is 2. The lowest BCUT2D eigenvalue weighted by atomic mass is 10.1. The van der Waals surface area contributed by atoms with Crippen molar-refractivity contribution in [3.63, 3.8) is 0 Å². The molecule has 2 amide bonds. The number of nitrogen functional groups attached to an aromatic ring is 2. The Labute approximate surface area is 260 Å². The molecule has 3 rings (SSSR count). The zero-order valence-electron chi connectivity index (χ0n) is 23.2. The molecular formula is C37H18N4O4. The summed E-state index contributed by atoms with van der Waals surface area (Å²) in [5, 5.41) is 5.38. The van der Waals surface area contributed by atoms with Gasteiger partial charge < -0.3 is 26.8 Å². The second kappa shape index (κ2) is 17.1. The third kappa shape index (κ3) is 11.3. The van der Waals surface area contributed by atoms with Crippen molar-refractivity contribution in [2.75, 3.05) is 22.1 Å². The molecule has 0 saturated carbocycles. The molecule has 8 heteroatoms. The highest BCUT2D eigenvalue weighted by Gasteiger charge is 2.15. The van der Waals surface area contributed by atoms with Crippen LogP contribution in [0.2, 0.25) is 0 Å². The Balaban J connectivity index is 1.73. The number of esters is 1. The molecule has 45 heavy (non-hydrogen) atoms. The minimum atomic E-state index is -0.861. The van der Waals surface area contributed by atoms with E-state index in [1.807, 2.05) is 0 Å². The lowest BCUT2D eigenvalue weighted by Crippen LogP contribution is -2.15. The maximum Gasteiger partial charge on any atom is 0.352 e. The molecule has 3 aromatic rings. The van der Waals surface area contributed by atoms with Crippen LogP contribution in [-0.4, -0.2) is 17.8 Å². The molecule has 6 N–H and O–H groups in total. The van der Waals surface area contributed by atoms with Gasteiger partial charge in [-0.2, -0.15) is 0 Å². The number of rotatable bonds is 5. The van der Waals surface area contributed by atoms with Crippen molar-refractivity contribution in [2.45, 2.75) is 0 Å². The van der Waals surface area contributed by atoms with E-state index >= 15 is 0 Å². The summed E-state index contributed by atoms with van der Waals surface area (Å²) in [5.74, 6) is 31.7. The molecule has 0 saturated heterocycles. The molecule has 8 nitrogen and oxygen atoms in total. The molecule has 0 aliphatic rings. The average Bonchev–Trinajstić information content (AvgIpc) is 3.03. The van der Waals surface area contributed by atoms with Gasteiger partial charge in [-0.05, 0) is 108 Å². The highest BCUT2D eigenvalue weighted by molar-refractivity contribution is 6.08. The minimum absolute atomic E-state index is 0.0103. The molecule has 0 aliphatic heterocycles. The Hall–Kier alpha value is -7.85. The summed E-state index contributed by atoms with van der Waals surface area (Å²) < 4.78 is 4.97. The summed E-state index contributed by atoms with van der Waals surface area (Å²) in [6.07, 6.45) is 7.12. The molecule has 0 aliphatic carbocycles. The van der Waals surface area contributed by atoms with E-state index in [-0.39, 0.29) is 16.9 Å². The van der Waals surface area contributed by atoms with Crippen molar-refractivity contribution in [2.24, 2.45) is 0 Å². The summed E-state index contributed by atoms with van der Waals surface area (Å²) in [7, 11) is 0. The number of hydrogen-bond acceptors (Lipinski definition) is 6. The first-order valence-electron chi connectivity index (χ1n) is 12.5. The fraction of sp³-hybridized carbons (Fsp3) is 0. The van der Waals surface area contributed by atoms with Crippen LogP contribution >= 0.6 is 0 Å². The molecule has 0 aromatic heterocycles. The van der Waals surface area contributed by atoms with E-state index in [9.17, 15) is 14.4 Å². The van der Waals surface area contributed by atoms with Crippen LogP contribution in [0.25, 0.3) is 0 Å². The van der Waals surface area contributed by atoms with Crippen LogP contribution in [0.15, 0.2) is 66.7 Å². The number of anilines is 4. The topological polar surface area (TPSA) is 137 Å². The van der Waals surface area contributed by atoms with Crippen LogP contribution in [0.1, 0.15) is 31.1 Å². The van der Waals surface area contributed by atoms with Gasteiger partial charge in [0.05, 0.1) is 5.56 Å². The molecule has 210 valence electrons. The number of hydrogen-bond donors (Lipinski definition) is 4. The molecule has 0 fully saturated rings. The second-order valence-electron chi connectivity index (χ2n) is 8.21. The van der Waals surface area contributed by atoms with E-state index in [0.29, 0.717) is 22.5 Å². The van der Waals surface area contributed by atoms with Crippen molar-refractivity contribution >= 4 is 40.5 Å². The molecule has 0 atom stereocenters. The van der Waals surface area contributed by atoms with Crippen LogP contribution < -0.4 is 22.1 Å². The number of nitrogens with one attached hydrogen (secondary N) is 2. The van der Waals surface area contributed by atoms with Gasteiger partial charge in [-0.15, -0.1) is 6.42 Å². The summed E-state index contributed by atoms with van der Waals surface area (Å²) in [5.41, 5.74) is 13.4. The zero-order valence-corrected chi connectivity index (χ0v) is 23.2. The number of ether oxygens (including phenoxy) is 1. The van der Waals surface area contributed by atoms with Gasteiger partial charge in [0.1, 0.15) is 6.11 Å². The van der Waals surface area contributed by atoms with E-state index in [1.54, 1.807) is 48.5 Å². The number of nitrogens with two attached hydrogens (primary N) is 2. The fourth-order valence-corrected chi connectivity index (χ4v) is 3.10. The first-order chi connectivity index (χ1) is 21.9. The van der Waals surface area contributed by atoms with Crippen LogP contribution in [0.4, 0.5) is 22.7 Å². The SMILES string of the molecule is C#CC#CC#CC#CC#CC#CC#CC#COC(=O)c1cc(NC(=O)c2ccc(N)cc2)cc(NC(=O)c2ccc(N)cc2)c1. The van der Waals surface area contributed by atoms with Gasteiger partial charge in [0, 0.05) is 75.3 Å². The monoisotopic (exact) mass is 582 g/mol. The highest BCUT2D eigenvalue weighted by Crippen LogP contribution is 2.22. The Morgan fingerprint density at radius 3 is 1.31 bits per heavy atom. The standard InChI is InChI=1S/C37H18N4O4/c1-2-3-4-5-6-7-8-9-10-11-12-13-14-15-24-45-37(44)30-25-33(40-35(42)28-16-20-31(38)21-17-28)27-34(26-30)41-36(43)29-18-22-32(39)23-19-29/h1,16-23,25-27H,38-39H2,(H,40,42)(H,41,43). The zero-order chi connectivity index (χ0) is 32.3. The van der Waals surface area contributed by atoms with E-state index in [4.69, 9.17) is 22.6 Å². The highest BCUT2D eigenvalue weighted by atomic mass is 16.5. The maximum absolute atomic E-state index is 12.8. The number of carbonyl (C=O) groups is 3. The van der Waals surface area contributed by atoms with Crippen molar-refractivity contribution in [3.05, 3.63) is 83.4 Å². The van der Waals surface area contributed by atoms with E-state index in [0.717, 1.165) is 0 Å². The first-order valence-corrected chi connectivity index (χ1v) is 12.5. The van der Waals surface area contributed by atoms with Crippen molar-refractivity contribution in [1.29, 1.82) is 0 Å². The van der Waals surface area contributed by atoms with Crippen molar-refractivity contribution < 1.29 is 19.1 Å². The Kier molecular flexibility index (Phi) is 12.0. The van der Waals surface area contributed by atoms with E-state index in [1.165, 1.54) is 18.2 Å². The molecule has 0 bridgehead atoms. The Morgan fingerprint density at radius 2 is 0.911 bits per heavy atom. The van der Waals surface area contributed by atoms with Crippen LogP contribution in [-0.2, 0) is 4.74 Å². The number of benzene rings is 3. The molecular weight excluding hydrogens is 564 g/mol. The van der Waals surface area contributed by atoms with Gasteiger partial charge in [-0.3, -0.25) is 9.59 Å². The maximum atomic E-state index is 12.8. The summed E-state index contributed by atoms with van der Waals surface area (Å²) in [6, 6.07) is 16.7. The van der Waals surface area contributed by atoms with E-state index < -0.39 is 17.8 Å². The number of carbonyl (C=O) groups excluding carboxylic acids is 3. The molecule has 0 radical (unpaired) electrons. The Morgan fingerprint density at radius 1 is 0.533 bits per heavy atom. The van der Waals surface area contributed by atoms with Gasteiger partial charge >= 0.3 is 5.97 Å². The third-order valence-corrected chi connectivity index (χ3v) is 5.05. The predicted molar refractivity (Wildman–Crippen MR) is 173 cm³/mol. The lowest BCUT2D eigenvalue weighted by molar-refractivity contribution is 0.0690. The van der Waals surface area contributed by atoms with Gasteiger partial charge in [-0.1, -0.05) is 0 Å². The van der Waals surface area contributed by atoms with Crippen molar-refractivity contribution in [3.8, 4) is 95.4 Å². The smallest absolute Gasteiger partial charge is 0.352 e. The quantitative estimate of drug-likeness (QED) is 0.207. The van der Waals surface area contributed by atoms with Gasteiger partial charge in [0.15, 0.2) is 0 Å². The fourth-order valence-electron chi connectivity index (χ4n) is 3.10. The van der Waals surface area contributed by atoms with Gasteiger partial charge in [0.2, 0.25) is 0 Å². The predicted octanol–water partition coefficient (Wildman–Crippen LogP) is 3.13. The summed E-state index contributed by atoms with van der Waals surface area (Å²) in [6.45, 7) is 0.